The number of aromatic hydroxyl groups is 2. The van der Waals surface area contributed by atoms with Gasteiger partial charge in [-0.15, -0.1) is 0 Å². The van der Waals surface area contributed by atoms with Crippen molar-refractivity contribution >= 4 is 5.69 Å². The van der Waals surface area contributed by atoms with Crippen LogP contribution < -0.4 is 5.32 Å². The molecule has 3 aromatic rings. The molecule has 0 saturated carbocycles. The maximum Gasteiger partial charge on any atom is 0.150 e. The van der Waals surface area contributed by atoms with E-state index in [1.807, 2.05) is 23.7 Å². The number of aromatic nitrogens is 2. The minimum atomic E-state index is -0.326. The predicted molar refractivity (Wildman–Crippen MR) is 88.7 cm³/mol. The largest absolute Gasteiger partial charge is 0.508 e. The van der Waals surface area contributed by atoms with Gasteiger partial charge < -0.3 is 15.5 Å². The van der Waals surface area contributed by atoms with E-state index in [9.17, 15) is 10.2 Å². The number of nitrogens with one attached hydrogen (secondary N) is 1. The van der Waals surface area contributed by atoms with Crippen molar-refractivity contribution in [3.05, 3.63) is 59.3 Å². The number of hydrogen-bond acceptors (Lipinski definition) is 4. The molecule has 0 amide bonds. The van der Waals surface area contributed by atoms with E-state index < -0.39 is 0 Å². The Hall–Kier alpha value is -2.95. The molecule has 3 N–H and O–H groups in total. The molecule has 0 bridgehead atoms. The van der Waals surface area contributed by atoms with E-state index in [2.05, 4.69) is 29.5 Å². The second kappa shape index (κ2) is 4.78. The standard InChI is InChI=1S/C18H17N3O2/c1-10-4-3-5-13-15-8-11(2)20-21(15)18(19-17(10)13)14-7-6-12(22)9-16(14)23/h3-9,18-19,22-23H,1-2H3. The molecule has 116 valence electrons. The molecule has 1 aliphatic heterocycles. The molecule has 1 aromatic heterocycles. The van der Waals surface area contributed by atoms with Gasteiger partial charge in [0.25, 0.3) is 0 Å². The zero-order valence-electron chi connectivity index (χ0n) is 12.9. The van der Waals surface area contributed by atoms with Crippen LogP contribution in [0.25, 0.3) is 11.3 Å². The van der Waals surface area contributed by atoms with Crippen LogP contribution in [0.2, 0.25) is 0 Å². The number of rotatable bonds is 1. The smallest absolute Gasteiger partial charge is 0.150 e. The van der Waals surface area contributed by atoms with Gasteiger partial charge in [0.15, 0.2) is 6.17 Å². The average molecular weight is 307 g/mol. The summed E-state index contributed by atoms with van der Waals surface area (Å²) in [5, 5.41) is 27.8. The molecule has 2 aromatic carbocycles. The monoisotopic (exact) mass is 307 g/mol. The lowest BCUT2D eigenvalue weighted by molar-refractivity contribution is 0.436. The van der Waals surface area contributed by atoms with Crippen molar-refractivity contribution in [2.45, 2.75) is 20.0 Å². The number of fused-ring (bicyclic) bond motifs is 3. The van der Waals surface area contributed by atoms with E-state index in [-0.39, 0.29) is 17.7 Å². The summed E-state index contributed by atoms with van der Waals surface area (Å²) in [7, 11) is 0. The molecule has 1 unspecified atom stereocenters. The van der Waals surface area contributed by atoms with Gasteiger partial charge in [-0.1, -0.05) is 18.2 Å². The van der Waals surface area contributed by atoms with Gasteiger partial charge in [0.2, 0.25) is 0 Å². The Kier molecular flexibility index (Phi) is 2.84. The van der Waals surface area contributed by atoms with Gasteiger partial charge in [-0.3, -0.25) is 0 Å². The lowest BCUT2D eigenvalue weighted by Gasteiger charge is -2.30. The molecule has 2 heterocycles. The zero-order valence-corrected chi connectivity index (χ0v) is 12.9. The maximum atomic E-state index is 10.3. The molecule has 0 saturated heterocycles. The van der Waals surface area contributed by atoms with Crippen molar-refractivity contribution in [3.8, 4) is 22.8 Å². The SMILES string of the molecule is Cc1cc2n(n1)C(c1ccc(O)cc1O)Nc1c(C)cccc1-2. The summed E-state index contributed by atoms with van der Waals surface area (Å²) in [6, 6.07) is 12.8. The molecule has 5 heteroatoms. The topological polar surface area (TPSA) is 70.3 Å². The van der Waals surface area contributed by atoms with Crippen LogP contribution in [0.4, 0.5) is 5.69 Å². The minimum Gasteiger partial charge on any atom is -0.508 e. The van der Waals surface area contributed by atoms with E-state index >= 15 is 0 Å². The predicted octanol–water partition coefficient (Wildman–Crippen LogP) is 3.55. The average Bonchev–Trinajstić information content (AvgIpc) is 2.89. The van der Waals surface area contributed by atoms with Crippen LogP contribution in [0.3, 0.4) is 0 Å². The summed E-state index contributed by atoms with van der Waals surface area (Å²) < 4.78 is 1.88. The lowest BCUT2D eigenvalue weighted by atomic mass is 10.0. The molecular formula is C18H17N3O2. The van der Waals surface area contributed by atoms with Crippen LogP contribution in [-0.4, -0.2) is 20.0 Å². The van der Waals surface area contributed by atoms with Crippen molar-refractivity contribution < 1.29 is 10.2 Å². The maximum absolute atomic E-state index is 10.3. The Balaban J connectivity index is 1.95. The first-order chi connectivity index (χ1) is 11.0. The second-order valence-electron chi connectivity index (χ2n) is 5.90. The Morgan fingerprint density at radius 2 is 1.91 bits per heavy atom. The summed E-state index contributed by atoms with van der Waals surface area (Å²) in [6.45, 7) is 4.01. The lowest BCUT2D eigenvalue weighted by Crippen LogP contribution is -2.26. The number of para-hydroxylation sites is 1. The molecule has 4 rings (SSSR count). The highest BCUT2D eigenvalue weighted by atomic mass is 16.3. The Labute approximate surface area is 133 Å². The summed E-state index contributed by atoms with van der Waals surface area (Å²) in [5.74, 6) is 0.0779. The van der Waals surface area contributed by atoms with Crippen molar-refractivity contribution in [2.24, 2.45) is 0 Å². The van der Waals surface area contributed by atoms with Crippen LogP contribution in [0, 0.1) is 13.8 Å². The van der Waals surface area contributed by atoms with Crippen LogP contribution in [0.1, 0.15) is 23.0 Å². The number of hydrogen-bond donors (Lipinski definition) is 3. The van der Waals surface area contributed by atoms with E-state index in [0.29, 0.717) is 5.56 Å². The third-order valence-corrected chi connectivity index (χ3v) is 4.24. The molecule has 0 radical (unpaired) electrons. The van der Waals surface area contributed by atoms with Gasteiger partial charge >= 0.3 is 0 Å². The van der Waals surface area contributed by atoms with Crippen LogP contribution in [0.5, 0.6) is 11.5 Å². The fourth-order valence-corrected chi connectivity index (χ4v) is 3.16. The summed E-state index contributed by atoms with van der Waals surface area (Å²) in [6.07, 6.45) is -0.326. The number of aryl methyl sites for hydroxylation is 2. The van der Waals surface area contributed by atoms with E-state index in [0.717, 1.165) is 28.2 Å². The minimum absolute atomic E-state index is 0.0375. The summed E-state index contributed by atoms with van der Waals surface area (Å²) in [4.78, 5) is 0. The summed E-state index contributed by atoms with van der Waals surface area (Å²) >= 11 is 0. The number of phenols is 2. The third kappa shape index (κ3) is 2.04. The highest BCUT2D eigenvalue weighted by molar-refractivity contribution is 5.81. The molecule has 0 spiro atoms. The van der Waals surface area contributed by atoms with Gasteiger partial charge in [0.05, 0.1) is 11.4 Å². The molecule has 23 heavy (non-hydrogen) atoms. The number of phenolic OH excluding ortho intramolecular Hbond substituents is 2. The number of nitrogens with zero attached hydrogens (tertiary/aromatic N) is 2. The van der Waals surface area contributed by atoms with Crippen LogP contribution in [0.15, 0.2) is 42.5 Å². The van der Waals surface area contributed by atoms with E-state index in [1.165, 1.54) is 6.07 Å². The van der Waals surface area contributed by atoms with Gasteiger partial charge in [-0.05, 0) is 37.6 Å². The fourth-order valence-electron chi connectivity index (χ4n) is 3.16. The van der Waals surface area contributed by atoms with Crippen LogP contribution >= 0.6 is 0 Å². The molecule has 0 aliphatic carbocycles. The highest BCUT2D eigenvalue weighted by Crippen LogP contribution is 2.42. The summed E-state index contributed by atoms with van der Waals surface area (Å²) in [5.41, 5.74) is 5.87. The van der Waals surface area contributed by atoms with Gasteiger partial charge in [0, 0.05) is 22.9 Å². The van der Waals surface area contributed by atoms with Crippen molar-refractivity contribution in [3.63, 3.8) is 0 Å². The zero-order chi connectivity index (χ0) is 16.1. The molecule has 0 fully saturated rings. The van der Waals surface area contributed by atoms with Gasteiger partial charge in [-0.25, -0.2) is 4.68 Å². The van der Waals surface area contributed by atoms with E-state index in [1.54, 1.807) is 12.1 Å². The molecule has 1 atom stereocenters. The van der Waals surface area contributed by atoms with Crippen molar-refractivity contribution in [1.29, 1.82) is 0 Å². The Morgan fingerprint density at radius 3 is 2.70 bits per heavy atom. The van der Waals surface area contributed by atoms with Crippen molar-refractivity contribution in [1.82, 2.24) is 9.78 Å². The normalized spacial score (nSPS) is 15.7. The molecule has 5 nitrogen and oxygen atoms in total. The first-order valence-electron chi connectivity index (χ1n) is 7.49. The number of benzene rings is 2. The highest BCUT2D eigenvalue weighted by Gasteiger charge is 2.28. The second-order valence-corrected chi connectivity index (χ2v) is 5.90. The Bertz CT molecular complexity index is 915. The van der Waals surface area contributed by atoms with E-state index in [4.69, 9.17) is 0 Å². The van der Waals surface area contributed by atoms with Crippen molar-refractivity contribution in [2.75, 3.05) is 5.32 Å². The van der Waals surface area contributed by atoms with Crippen LogP contribution in [-0.2, 0) is 0 Å². The quantitative estimate of drug-likeness (QED) is 0.643. The third-order valence-electron chi connectivity index (χ3n) is 4.24. The van der Waals surface area contributed by atoms with Gasteiger partial charge in [0.1, 0.15) is 11.5 Å². The Morgan fingerprint density at radius 1 is 1.09 bits per heavy atom. The number of anilines is 1. The first kappa shape index (κ1) is 13.7. The van der Waals surface area contributed by atoms with Gasteiger partial charge in [-0.2, -0.15) is 5.10 Å². The fraction of sp³-hybridized carbons (Fsp3) is 0.167. The molecule has 1 aliphatic rings. The first-order valence-corrected chi connectivity index (χ1v) is 7.49. The molecular weight excluding hydrogens is 290 g/mol.